The molecule has 0 aromatic carbocycles. The highest BCUT2D eigenvalue weighted by Crippen LogP contribution is 2.27. The van der Waals surface area contributed by atoms with Crippen LogP contribution in [0.3, 0.4) is 0 Å². The molecule has 0 aromatic rings. The molecule has 0 saturated heterocycles. The van der Waals surface area contributed by atoms with Gasteiger partial charge < -0.3 is 4.74 Å². The first-order valence-corrected chi connectivity index (χ1v) is 5.14. The summed E-state index contributed by atoms with van der Waals surface area (Å²) in [7, 11) is 2.05. The van der Waals surface area contributed by atoms with Crippen LogP contribution in [0.4, 0.5) is 0 Å². The van der Waals surface area contributed by atoms with Gasteiger partial charge in [-0.2, -0.15) is 0 Å². The monoisotopic (exact) mass is 134 g/mol. The molecule has 0 aromatic heterocycles. The lowest BCUT2D eigenvalue weighted by molar-refractivity contribution is 0.218. The van der Waals surface area contributed by atoms with Crippen LogP contribution in [0.2, 0.25) is 0 Å². The van der Waals surface area contributed by atoms with Crippen LogP contribution in [-0.2, 0) is 4.74 Å². The molecule has 1 unspecified atom stereocenters. The van der Waals surface area contributed by atoms with Crippen LogP contribution < -0.4 is 0 Å². The van der Waals surface area contributed by atoms with Crippen molar-refractivity contribution >= 4 is 7.92 Å². The second-order valence-electron chi connectivity index (χ2n) is 1.89. The van der Waals surface area contributed by atoms with Gasteiger partial charge in [-0.1, -0.05) is 6.92 Å². The Morgan fingerprint density at radius 3 is 2.50 bits per heavy atom. The number of rotatable bonds is 4. The molecule has 8 heavy (non-hydrogen) atoms. The van der Waals surface area contributed by atoms with Crippen LogP contribution in [0.5, 0.6) is 0 Å². The molecule has 1 nitrogen and oxygen atoms in total. The fourth-order valence-corrected chi connectivity index (χ4v) is 1.22. The Kier molecular flexibility index (Phi) is 5.79. The first-order chi connectivity index (χ1) is 3.81. The van der Waals surface area contributed by atoms with Gasteiger partial charge in [0.2, 0.25) is 0 Å². The minimum atomic E-state index is 0.291. The Labute approximate surface area is 53.2 Å². The summed E-state index contributed by atoms with van der Waals surface area (Å²) in [6.45, 7) is 5.49. The van der Waals surface area contributed by atoms with E-state index in [2.05, 4.69) is 13.6 Å². The van der Waals surface area contributed by atoms with E-state index in [9.17, 15) is 0 Å². The van der Waals surface area contributed by atoms with Crippen molar-refractivity contribution in [3.05, 3.63) is 0 Å². The smallest absolute Gasteiger partial charge is 0.0501 e. The Bertz CT molecular complexity index is 47.8. The molecular formula is C6H15OP. The minimum Gasteiger partial charge on any atom is -0.384 e. The zero-order chi connectivity index (χ0) is 6.41. The third kappa shape index (κ3) is 4.55. The molecule has 0 aliphatic heterocycles. The first-order valence-electron chi connectivity index (χ1n) is 2.98. The van der Waals surface area contributed by atoms with E-state index in [1.165, 1.54) is 12.3 Å². The summed E-state index contributed by atoms with van der Waals surface area (Å²) in [6, 6.07) is 0. The van der Waals surface area contributed by atoms with Crippen LogP contribution in [0.1, 0.15) is 6.92 Å². The largest absolute Gasteiger partial charge is 0.384 e. The molecule has 0 fully saturated rings. The predicted molar refractivity (Wildman–Crippen MR) is 40.1 cm³/mol. The Morgan fingerprint density at radius 2 is 2.12 bits per heavy atom. The first kappa shape index (κ1) is 8.39. The highest BCUT2D eigenvalue weighted by Gasteiger charge is 1.93. The van der Waals surface area contributed by atoms with Crippen molar-refractivity contribution in [1.82, 2.24) is 0 Å². The van der Waals surface area contributed by atoms with Crippen LogP contribution in [-0.4, -0.2) is 32.7 Å². The zero-order valence-corrected chi connectivity index (χ0v) is 6.87. The van der Waals surface area contributed by atoms with E-state index in [0.29, 0.717) is 7.92 Å². The molecule has 0 N–H and O–H groups in total. The summed E-state index contributed by atoms with van der Waals surface area (Å²) < 4.78 is 4.93. The normalized spacial score (nSPS) is 13.9. The lowest BCUT2D eigenvalue weighted by Crippen LogP contribution is -1.94. The fourth-order valence-electron chi connectivity index (χ4n) is 0.405. The Morgan fingerprint density at radius 1 is 1.50 bits per heavy atom. The SMILES string of the molecule is CCP(C)CCOC. The van der Waals surface area contributed by atoms with E-state index in [-0.39, 0.29) is 0 Å². The molecule has 0 rings (SSSR count). The van der Waals surface area contributed by atoms with E-state index in [0.717, 1.165) is 6.61 Å². The fraction of sp³-hybridized carbons (Fsp3) is 1.00. The lowest BCUT2D eigenvalue weighted by Gasteiger charge is -2.06. The minimum absolute atomic E-state index is 0.291. The van der Waals surface area contributed by atoms with Gasteiger partial charge in [-0.3, -0.25) is 0 Å². The van der Waals surface area contributed by atoms with Crippen molar-refractivity contribution in [2.75, 3.05) is 32.7 Å². The second kappa shape index (κ2) is 5.53. The Balaban J connectivity index is 2.86. The number of hydrogen-bond acceptors (Lipinski definition) is 1. The maximum atomic E-state index is 4.93. The van der Waals surface area contributed by atoms with Crippen molar-refractivity contribution in [2.45, 2.75) is 6.92 Å². The van der Waals surface area contributed by atoms with E-state index < -0.39 is 0 Å². The summed E-state index contributed by atoms with van der Waals surface area (Å²) in [6.07, 6.45) is 2.60. The predicted octanol–water partition coefficient (Wildman–Crippen LogP) is 1.76. The summed E-state index contributed by atoms with van der Waals surface area (Å²) in [5.41, 5.74) is 0. The average molecular weight is 134 g/mol. The molecular weight excluding hydrogens is 119 g/mol. The van der Waals surface area contributed by atoms with Gasteiger partial charge in [0, 0.05) is 7.11 Å². The van der Waals surface area contributed by atoms with Gasteiger partial charge in [-0.25, -0.2) is 0 Å². The van der Waals surface area contributed by atoms with E-state index in [4.69, 9.17) is 4.74 Å². The van der Waals surface area contributed by atoms with Gasteiger partial charge >= 0.3 is 0 Å². The molecule has 0 spiro atoms. The standard InChI is InChI=1S/C6H15OP/c1-4-8(3)6-5-7-2/h4-6H2,1-3H3. The summed E-state index contributed by atoms with van der Waals surface area (Å²) >= 11 is 0. The molecule has 0 saturated carbocycles. The number of ether oxygens (including phenoxy) is 1. The van der Waals surface area contributed by atoms with Crippen molar-refractivity contribution in [3.8, 4) is 0 Å². The molecule has 0 heterocycles. The summed E-state index contributed by atoms with van der Waals surface area (Å²) in [5, 5.41) is 0. The highest BCUT2D eigenvalue weighted by molar-refractivity contribution is 7.56. The van der Waals surface area contributed by atoms with Gasteiger partial charge in [0.05, 0.1) is 6.61 Å². The van der Waals surface area contributed by atoms with E-state index in [1.807, 2.05) is 0 Å². The number of methoxy groups -OCH3 is 1. The molecule has 0 aliphatic carbocycles. The van der Waals surface area contributed by atoms with E-state index in [1.54, 1.807) is 7.11 Å². The molecule has 0 aliphatic rings. The Hall–Kier alpha value is 0.390. The van der Waals surface area contributed by atoms with Gasteiger partial charge in [-0.05, 0) is 19.0 Å². The zero-order valence-electron chi connectivity index (χ0n) is 5.98. The molecule has 0 amide bonds. The van der Waals surface area contributed by atoms with Gasteiger partial charge in [0.1, 0.15) is 0 Å². The third-order valence-electron chi connectivity index (χ3n) is 1.22. The lowest BCUT2D eigenvalue weighted by atomic mass is 10.9. The maximum Gasteiger partial charge on any atom is 0.0501 e. The van der Waals surface area contributed by atoms with Crippen molar-refractivity contribution in [3.63, 3.8) is 0 Å². The maximum absolute atomic E-state index is 4.93. The van der Waals surface area contributed by atoms with Crippen molar-refractivity contribution in [1.29, 1.82) is 0 Å². The molecule has 0 bridgehead atoms. The molecule has 0 radical (unpaired) electrons. The van der Waals surface area contributed by atoms with Crippen LogP contribution in [0.25, 0.3) is 0 Å². The quantitative estimate of drug-likeness (QED) is 0.532. The summed E-state index contributed by atoms with van der Waals surface area (Å²) in [4.78, 5) is 0. The summed E-state index contributed by atoms with van der Waals surface area (Å²) in [5.74, 6) is 0. The van der Waals surface area contributed by atoms with Crippen LogP contribution in [0.15, 0.2) is 0 Å². The van der Waals surface area contributed by atoms with Crippen molar-refractivity contribution < 1.29 is 4.74 Å². The van der Waals surface area contributed by atoms with Gasteiger partial charge in [0.25, 0.3) is 0 Å². The number of hydrogen-bond donors (Lipinski definition) is 0. The molecule has 2 heteroatoms. The average Bonchev–Trinajstić information content (AvgIpc) is 1.83. The molecule has 50 valence electrons. The van der Waals surface area contributed by atoms with Crippen molar-refractivity contribution in [2.24, 2.45) is 0 Å². The highest BCUT2D eigenvalue weighted by atomic mass is 31.1. The second-order valence-corrected chi connectivity index (χ2v) is 4.68. The van der Waals surface area contributed by atoms with Gasteiger partial charge in [-0.15, -0.1) is 7.92 Å². The third-order valence-corrected chi connectivity index (χ3v) is 3.24. The van der Waals surface area contributed by atoms with E-state index >= 15 is 0 Å². The topological polar surface area (TPSA) is 9.23 Å². The van der Waals surface area contributed by atoms with Crippen LogP contribution >= 0.6 is 7.92 Å². The molecule has 1 atom stereocenters. The van der Waals surface area contributed by atoms with Gasteiger partial charge in [0.15, 0.2) is 0 Å². The van der Waals surface area contributed by atoms with Crippen LogP contribution in [0, 0.1) is 0 Å².